The Morgan fingerprint density at radius 1 is 1.17 bits per heavy atom. The molecule has 6 heteroatoms. The van der Waals surface area contributed by atoms with E-state index in [9.17, 15) is 4.79 Å². The van der Waals surface area contributed by atoms with Crippen LogP contribution in [-0.4, -0.2) is 21.9 Å². The summed E-state index contributed by atoms with van der Waals surface area (Å²) in [5.74, 6) is -0.209. The van der Waals surface area contributed by atoms with Crippen molar-refractivity contribution < 1.29 is 4.79 Å². The van der Waals surface area contributed by atoms with Crippen molar-refractivity contribution in [3.63, 3.8) is 0 Å². The van der Waals surface area contributed by atoms with Crippen molar-refractivity contribution in [2.24, 2.45) is 5.73 Å². The van der Waals surface area contributed by atoms with E-state index in [0.29, 0.717) is 11.4 Å². The summed E-state index contributed by atoms with van der Waals surface area (Å²) in [5.41, 5.74) is 7.99. The first kappa shape index (κ1) is 15.3. The predicted octanol–water partition coefficient (Wildman–Crippen LogP) is 2.71. The van der Waals surface area contributed by atoms with Gasteiger partial charge < -0.3 is 11.1 Å². The number of nitrogens with one attached hydrogen (secondary N) is 1. The smallest absolute Gasteiger partial charge is 0.242 e. The molecule has 2 heterocycles. The summed E-state index contributed by atoms with van der Waals surface area (Å²) < 4.78 is 0. The van der Waals surface area contributed by atoms with Crippen molar-refractivity contribution in [2.45, 2.75) is 12.5 Å². The zero-order valence-corrected chi connectivity index (χ0v) is 13.2. The molecular weight excluding hydrogens is 308 g/mol. The van der Waals surface area contributed by atoms with Gasteiger partial charge in [0.2, 0.25) is 5.91 Å². The third kappa shape index (κ3) is 4.00. The van der Waals surface area contributed by atoms with Gasteiger partial charge in [0.15, 0.2) is 0 Å². The molecule has 0 spiro atoms. The van der Waals surface area contributed by atoms with Crippen LogP contribution in [0.1, 0.15) is 5.56 Å². The summed E-state index contributed by atoms with van der Waals surface area (Å²) >= 11 is 1.41. The highest BCUT2D eigenvalue weighted by Gasteiger charge is 2.15. The van der Waals surface area contributed by atoms with E-state index in [4.69, 9.17) is 5.73 Å². The average Bonchev–Trinajstić information content (AvgIpc) is 3.05. The summed E-state index contributed by atoms with van der Waals surface area (Å²) in [4.78, 5) is 20.5. The van der Waals surface area contributed by atoms with E-state index in [1.165, 1.54) is 11.3 Å². The molecule has 1 aromatic carbocycles. The van der Waals surface area contributed by atoms with Crippen LogP contribution in [0.25, 0.3) is 10.6 Å². The van der Waals surface area contributed by atoms with E-state index in [0.717, 1.165) is 16.1 Å². The molecule has 1 atom stereocenters. The van der Waals surface area contributed by atoms with E-state index in [1.807, 2.05) is 42.5 Å². The number of carbonyl (C=O) groups excluding carboxylic acids is 1. The van der Waals surface area contributed by atoms with E-state index in [2.05, 4.69) is 15.3 Å². The first-order chi connectivity index (χ1) is 11.2. The summed E-state index contributed by atoms with van der Waals surface area (Å²) in [7, 11) is 0. The Labute approximate surface area is 138 Å². The molecule has 0 radical (unpaired) electrons. The number of anilines is 1. The monoisotopic (exact) mass is 324 g/mol. The van der Waals surface area contributed by atoms with Crippen molar-refractivity contribution in [1.82, 2.24) is 9.97 Å². The van der Waals surface area contributed by atoms with Crippen LogP contribution in [0.5, 0.6) is 0 Å². The molecule has 116 valence electrons. The third-order valence-corrected chi connectivity index (χ3v) is 4.28. The van der Waals surface area contributed by atoms with Gasteiger partial charge in [-0.05, 0) is 24.1 Å². The Hall–Kier alpha value is -2.57. The Morgan fingerprint density at radius 2 is 1.91 bits per heavy atom. The molecule has 0 aliphatic rings. The van der Waals surface area contributed by atoms with Gasteiger partial charge in [0, 0.05) is 18.0 Å². The minimum Gasteiger partial charge on any atom is -0.320 e. The van der Waals surface area contributed by atoms with E-state index in [1.54, 1.807) is 18.6 Å². The fraction of sp³-hybridized carbons (Fsp3) is 0.118. The van der Waals surface area contributed by atoms with Gasteiger partial charge in [-0.2, -0.15) is 0 Å². The molecule has 1 unspecified atom stereocenters. The molecule has 0 bridgehead atoms. The number of nitrogens with two attached hydrogens (primary N) is 1. The van der Waals surface area contributed by atoms with Gasteiger partial charge in [-0.1, -0.05) is 41.7 Å². The molecule has 3 aromatic rings. The number of hydrogen-bond donors (Lipinski definition) is 2. The fourth-order valence-electron chi connectivity index (χ4n) is 2.13. The fourth-order valence-corrected chi connectivity index (χ4v) is 2.96. The Bertz CT molecular complexity index is 774. The van der Waals surface area contributed by atoms with Gasteiger partial charge in [-0.25, -0.2) is 4.98 Å². The third-order valence-electron chi connectivity index (χ3n) is 3.31. The summed E-state index contributed by atoms with van der Waals surface area (Å²) in [5, 5.41) is 4.35. The number of amides is 1. The zero-order valence-electron chi connectivity index (χ0n) is 12.3. The lowest BCUT2D eigenvalue weighted by molar-refractivity contribution is -0.117. The number of thiazole rings is 1. The topological polar surface area (TPSA) is 80.9 Å². The number of rotatable bonds is 5. The van der Waals surface area contributed by atoms with Crippen LogP contribution in [0.3, 0.4) is 0 Å². The van der Waals surface area contributed by atoms with Gasteiger partial charge in [-0.15, -0.1) is 0 Å². The SMILES string of the molecule is NC(Cc1ccccc1)C(=O)Nc1cnc(-c2ccncc2)s1. The second-order valence-corrected chi connectivity index (χ2v) is 6.08. The molecule has 3 rings (SSSR count). The van der Waals surface area contributed by atoms with Crippen LogP contribution in [-0.2, 0) is 11.2 Å². The normalized spacial score (nSPS) is 11.9. The molecule has 5 nitrogen and oxygen atoms in total. The number of nitrogens with zero attached hydrogens (tertiary/aromatic N) is 2. The minimum absolute atomic E-state index is 0.209. The molecular formula is C17H16N4OS. The van der Waals surface area contributed by atoms with Crippen LogP contribution in [0.2, 0.25) is 0 Å². The molecule has 0 aliphatic carbocycles. The molecule has 0 fully saturated rings. The average molecular weight is 324 g/mol. The number of pyridine rings is 1. The van der Waals surface area contributed by atoms with Crippen molar-refractivity contribution >= 4 is 22.2 Å². The second kappa shape index (κ2) is 7.13. The van der Waals surface area contributed by atoms with Crippen molar-refractivity contribution in [3.05, 3.63) is 66.6 Å². The first-order valence-electron chi connectivity index (χ1n) is 7.19. The highest BCUT2D eigenvalue weighted by molar-refractivity contribution is 7.19. The minimum atomic E-state index is -0.594. The lowest BCUT2D eigenvalue weighted by Gasteiger charge is -2.10. The molecule has 23 heavy (non-hydrogen) atoms. The van der Waals surface area contributed by atoms with Gasteiger partial charge in [0.1, 0.15) is 10.0 Å². The van der Waals surface area contributed by atoms with Crippen LogP contribution < -0.4 is 11.1 Å². The van der Waals surface area contributed by atoms with Crippen molar-refractivity contribution in [1.29, 1.82) is 0 Å². The maximum Gasteiger partial charge on any atom is 0.242 e. The first-order valence-corrected chi connectivity index (χ1v) is 8.00. The lowest BCUT2D eigenvalue weighted by atomic mass is 10.1. The second-order valence-electron chi connectivity index (χ2n) is 5.05. The zero-order chi connectivity index (χ0) is 16.1. The molecule has 2 aromatic heterocycles. The standard InChI is InChI=1S/C17H16N4OS/c18-14(10-12-4-2-1-3-5-12)16(22)21-15-11-20-17(23-15)13-6-8-19-9-7-13/h1-9,11,14H,10,18H2,(H,21,22). The van der Waals surface area contributed by atoms with Crippen molar-refractivity contribution in [2.75, 3.05) is 5.32 Å². The molecule has 0 saturated heterocycles. The number of aromatic nitrogens is 2. The predicted molar refractivity (Wildman–Crippen MR) is 92.1 cm³/mol. The summed E-state index contributed by atoms with van der Waals surface area (Å²) in [6, 6.07) is 12.9. The molecule has 0 aliphatic heterocycles. The largest absolute Gasteiger partial charge is 0.320 e. The van der Waals surface area contributed by atoms with Gasteiger partial charge >= 0.3 is 0 Å². The molecule has 3 N–H and O–H groups in total. The van der Waals surface area contributed by atoms with Crippen molar-refractivity contribution in [3.8, 4) is 10.6 Å². The van der Waals surface area contributed by atoms with Crippen LogP contribution in [0.4, 0.5) is 5.00 Å². The van der Waals surface area contributed by atoms with Crippen LogP contribution in [0, 0.1) is 0 Å². The van der Waals surface area contributed by atoms with Crippen LogP contribution >= 0.6 is 11.3 Å². The van der Waals surface area contributed by atoms with E-state index >= 15 is 0 Å². The highest BCUT2D eigenvalue weighted by Crippen LogP contribution is 2.27. The number of hydrogen-bond acceptors (Lipinski definition) is 5. The Balaban J connectivity index is 1.63. The van der Waals surface area contributed by atoms with Crippen LogP contribution in [0.15, 0.2) is 61.1 Å². The van der Waals surface area contributed by atoms with Gasteiger partial charge in [-0.3, -0.25) is 9.78 Å². The summed E-state index contributed by atoms with van der Waals surface area (Å²) in [6.07, 6.45) is 5.58. The summed E-state index contributed by atoms with van der Waals surface area (Å²) in [6.45, 7) is 0. The molecule has 1 amide bonds. The highest BCUT2D eigenvalue weighted by atomic mass is 32.1. The van der Waals surface area contributed by atoms with E-state index in [-0.39, 0.29) is 5.91 Å². The Morgan fingerprint density at radius 3 is 2.65 bits per heavy atom. The molecule has 0 saturated carbocycles. The van der Waals surface area contributed by atoms with E-state index < -0.39 is 6.04 Å². The Kier molecular flexibility index (Phi) is 4.75. The quantitative estimate of drug-likeness (QED) is 0.756. The van der Waals surface area contributed by atoms with Gasteiger partial charge in [0.05, 0.1) is 12.2 Å². The maximum atomic E-state index is 12.2. The number of carbonyl (C=O) groups is 1. The van der Waals surface area contributed by atoms with Gasteiger partial charge in [0.25, 0.3) is 0 Å². The number of benzene rings is 1. The maximum absolute atomic E-state index is 12.2. The lowest BCUT2D eigenvalue weighted by Crippen LogP contribution is -2.37.